The molecule has 2 fully saturated rings. The summed E-state index contributed by atoms with van der Waals surface area (Å²) >= 11 is 0. The minimum atomic E-state index is -0.693. The van der Waals surface area contributed by atoms with E-state index in [0.717, 1.165) is 31.5 Å². The van der Waals surface area contributed by atoms with E-state index in [2.05, 4.69) is 20.2 Å². The van der Waals surface area contributed by atoms with Gasteiger partial charge in [-0.25, -0.2) is 9.97 Å². The Morgan fingerprint density at radius 3 is 2.29 bits per heavy atom. The van der Waals surface area contributed by atoms with Gasteiger partial charge in [-0.15, -0.1) is 0 Å². The largest absolute Gasteiger partial charge is 0.339 e. The molecule has 2 heterocycles. The summed E-state index contributed by atoms with van der Waals surface area (Å²) in [4.78, 5) is 37.1. The molecule has 0 radical (unpaired) electrons. The predicted molar refractivity (Wildman–Crippen MR) is 106 cm³/mol. The van der Waals surface area contributed by atoms with Crippen molar-refractivity contribution in [3.63, 3.8) is 0 Å². The third-order valence-corrected chi connectivity index (χ3v) is 5.28. The SMILES string of the molecule is NC1(C(=O)Nc2ccc(CC(=O)N3CCN(c4ncccn4)CC3)cc2)CC1. The molecule has 1 aromatic carbocycles. The van der Waals surface area contributed by atoms with Gasteiger partial charge >= 0.3 is 0 Å². The molecule has 2 aliphatic rings. The van der Waals surface area contributed by atoms with Crippen LogP contribution in [-0.4, -0.2) is 58.4 Å². The van der Waals surface area contributed by atoms with Crippen molar-refractivity contribution in [2.75, 3.05) is 36.4 Å². The van der Waals surface area contributed by atoms with Crippen LogP contribution in [0.3, 0.4) is 0 Å². The number of aromatic nitrogens is 2. The Bertz CT molecular complexity index is 843. The number of carbonyl (C=O) groups excluding carboxylic acids is 2. The van der Waals surface area contributed by atoms with E-state index in [1.165, 1.54) is 0 Å². The number of rotatable bonds is 5. The van der Waals surface area contributed by atoms with Gasteiger partial charge in [0.05, 0.1) is 12.0 Å². The highest BCUT2D eigenvalue weighted by molar-refractivity contribution is 6.00. The first kappa shape index (κ1) is 18.4. The van der Waals surface area contributed by atoms with Gasteiger partial charge in [0.25, 0.3) is 0 Å². The minimum absolute atomic E-state index is 0.101. The zero-order valence-corrected chi connectivity index (χ0v) is 15.7. The molecule has 1 aliphatic carbocycles. The predicted octanol–water partition coefficient (Wildman–Crippen LogP) is 0.798. The quantitative estimate of drug-likeness (QED) is 0.795. The first-order valence-electron chi connectivity index (χ1n) is 9.52. The van der Waals surface area contributed by atoms with Crippen molar-refractivity contribution in [3.05, 3.63) is 48.3 Å². The smallest absolute Gasteiger partial charge is 0.244 e. The zero-order chi connectivity index (χ0) is 19.6. The number of nitrogens with one attached hydrogen (secondary N) is 1. The van der Waals surface area contributed by atoms with Crippen LogP contribution in [0.2, 0.25) is 0 Å². The number of hydrogen-bond donors (Lipinski definition) is 2. The van der Waals surface area contributed by atoms with Crippen LogP contribution in [0.4, 0.5) is 11.6 Å². The van der Waals surface area contributed by atoms with Crippen molar-refractivity contribution in [1.82, 2.24) is 14.9 Å². The lowest BCUT2D eigenvalue weighted by Gasteiger charge is -2.34. The number of amides is 2. The van der Waals surface area contributed by atoms with Gasteiger partial charge in [0.15, 0.2) is 0 Å². The van der Waals surface area contributed by atoms with Crippen LogP contribution >= 0.6 is 0 Å². The third kappa shape index (κ3) is 4.12. The molecule has 4 rings (SSSR count). The first-order chi connectivity index (χ1) is 13.5. The Labute approximate surface area is 163 Å². The van der Waals surface area contributed by atoms with Crippen LogP contribution in [0, 0.1) is 0 Å². The summed E-state index contributed by atoms with van der Waals surface area (Å²) in [5.74, 6) is 0.665. The van der Waals surface area contributed by atoms with E-state index in [9.17, 15) is 9.59 Å². The molecule has 0 atom stereocenters. The lowest BCUT2D eigenvalue weighted by atomic mass is 10.1. The van der Waals surface area contributed by atoms with E-state index in [1.807, 2.05) is 29.2 Å². The molecule has 8 heteroatoms. The molecule has 2 aromatic rings. The second-order valence-electron chi connectivity index (χ2n) is 7.40. The van der Waals surface area contributed by atoms with E-state index in [0.29, 0.717) is 31.1 Å². The highest BCUT2D eigenvalue weighted by Gasteiger charge is 2.45. The van der Waals surface area contributed by atoms with Crippen molar-refractivity contribution in [2.45, 2.75) is 24.8 Å². The molecule has 28 heavy (non-hydrogen) atoms. The summed E-state index contributed by atoms with van der Waals surface area (Å²) in [6.07, 6.45) is 5.26. The monoisotopic (exact) mass is 380 g/mol. The van der Waals surface area contributed by atoms with Crippen molar-refractivity contribution in [3.8, 4) is 0 Å². The van der Waals surface area contributed by atoms with Gasteiger partial charge in [-0.3, -0.25) is 9.59 Å². The van der Waals surface area contributed by atoms with Gasteiger partial charge in [-0.1, -0.05) is 12.1 Å². The van der Waals surface area contributed by atoms with Gasteiger partial charge < -0.3 is 20.9 Å². The fourth-order valence-corrected chi connectivity index (χ4v) is 3.22. The van der Waals surface area contributed by atoms with Gasteiger partial charge in [0, 0.05) is 44.3 Å². The molecule has 146 valence electrons. The topological polar surface area (TPSA) is 104 Å². The molecule has 1 aromatic heterocycles. The van der Waals surface area contributed by atoms with Gasteiger partial charge in [-0.2, -0.15) is 0 Å². The van der Waals surface area contributed by atoms with Gasteiger partial charge in [0.2, 0.25) is 17.8 Å². The van der Waals surface area contributed by atoms with Crippen LogP contribution in [0.1, 0.15) is 18.4 Å². The van der Waals surface area contributed by atoms with Gasteiger partial charge in [-0.05, 0) is 36.6 Å². The van der Waals surface area contributed by atoms with Crippen LogP contribution in [0.25, 0.3) is 0 Å². The molecule has 8 nitrogen and oxygen atoms in total. The summed E-state index contributed by atoms with van der Waals surface area (Å²) in [6.45, 7) is 2.76. The van der Waals surface area contributed by atoms with Crippen LogP contribution in [0.15, 0.2) is 42.7 Å². The molecule has 2 amide bonds. The molecule has 0 unspecified atom stereocenters. The van der Waals surface area contributed by atoms with E-state index in [4.69, 9.17) is 5.73 Å². The molecule has 3 N–H and O–H groups in total. The Kier molecular flexibility index (Phi) is 4.95. The summed E-state index contributed by atoms with van der Waals surface area (Å²) in [5.41, 5.74) is 6.82. The van der Waals surface area contributed by atoms with E-state index in [-0.39, 0.29) is 11.8 Å². The lowest BCUT2D eigenvalue weighted by Crippen LogP contribution is -2.49. The van der Waals surface area contributed by atoms with Crippen molar-refractivity contribution in [1.29, 1.82) is 0 Å². The number of benzene rings is 1. The fraction of sp³-hybridized carbons (Fsp3) is 0.400. The summed E-state index contributed by atoms with van der Waals surface area (Å²) in [6, 6.07) is 9.17. The third-order valence-electron chi connectivity index (χ3n) is 5.28. The first-order valence-corrected chi connectivity index (χ1v) is 9.52. The molecular formula is C20H24N6O2. The second kappa shape index (κ2) is 7.55. The van der Waals surface area contributed by atoms with E-state index >= 15 is 0 Å². The number of anilines is 2. The Morgan fingerprint density at radius 2 is 1.68 bits per heavy atom. The van der Waals surface area contributed by atoms with Crippen LogP contribution in [-0.2, 0) is 16.0 Å². The zero-order valence-electron chi connectivity index (χ0n) is 15.7. The Morgan fingerprint density at radius 1 is 1.04 bits per heavy atom. The molecule has 1 saturated heterocycles. The number of nitrogens with zero attached hydrogens (tertiary/aromatic N) is 4. The number of piperazine rings is 1. The van der Waals surface area contributed by atoms with E-state index < -0.39 is 5.54 Å². The number of nitrogens with two attached hydrogens (primary N) is 1. The van der Waals surface area contributed by atoms with Crippen molar-refractivity contribution >= 4 is 23.5 Å². The normalized spacial score (nSPS) is 17.9. The highest BCUT2D eigenvalue weighted by Crippen LogP contribution is 2.33. The maximum Gasteiger partial charge on any atom is 0.244 e. The molecular weight excluding hydrogens is 356 g/mol. The minimum Gasteiger partial charge on any atom is -0.339 e. The molecule has 0 bridgehead atoms. The molecule has 0 spiro atoms. The number of hydrogen-bond acceptors (Lipinski definition) is 6. The summed E-state index contributed by atoms with van der Waals surface area (Å²) < 4.78 is 0. The molecule has 1 aliphatic heterocycles. The summed E-state index contributed by atoms with van der Waals surface area (Å²) in [7, 11) is 0. The maximum atomic E-state index is 12.6. The van der Waals surface area contributed by atoms with E-state index in [1.54, 1.807) is 18.5 Å². The van der Waals surface area contributed by atoms with Crippen LogP contribution < -0.4 is 16.0 Å². The molecule has 1 saturated carbocycles. The second-order valence-corrected chi connectivity index (χ2v) is 7.40. The average Bonchev–Trinajstić information content (AvgIpc) is 3.49. The van der Waals surface area contributed by atoms with Gasteiger partial charge in [0.1, 0.15) is 0 Å². The average molecular weight is 380 g/mol. The standard InChI is InChI=1S/C20H24N6O2/c21-20(6-7-20)18(28)24-16-4-2-15(3-5-16)14-17(27)25-10-12-26(13-11-25)19-22-8-1-9-23-19/h1-5,8-9H,6-7,10-14,21H2,(H,24,28). The fourth-order valence-electron chi connectivity index (χ4n) is 3.22. The summed E-state index contributed by atoms with van der Waals surface area (Å²) in [5, 5.41) is 2.83. The lowest BCUT2D eigenvalue weighted by molar-refractivity contribution is -0.130. The Hall–Kier alpha value is -3.00. The highest BCUT2D eigenvalue weighted by atomic mass is 16.2. The van der Waals surface area contributed by atoms with Crippen LogP contribution in [0.5, 0.6) is 0 Å². The maximum absolute atomic E-state index is 12.6. The Balaban J connectivity index is 1.27. The number of carbonyl (C=O) groups is 2. The van der Waals surface area contributed by atoms with Crippen molar-refractivity contribution in [2.24, 2.45) is 5.73 Å². The van der Waals surface area contributed by atoms with Crippen molar-refractivity contribution < 1.29 is 9.59 Å².